The van der Waals surface area contributed by atoms with E-state index in [-0.39, 0.29) is 11.9 Å². The van der Waals surface area contributed by atoms with Crippen LogP contribution in [-0.2, 0) is 20.8 Å². The molecule has 0 radical (unpaired) electrons. The number of nitriles is 1. The van der Waals surface area contributed by atoms with Crippen molar-refractivity contribution < 1.29 is 14.3 Å². The van der Waals surface area contributed by atoms with Crippen LogP contribution in [-0.4, -0.2) is 37.5 Å². The van der Waals surface area contributed by atoms with E-state index in [2.05, 4.69) is 16.7 Å². The quantitative estimate of drug-likeness (QED) is 0.839. The van der Waals surface area contributed by atoms with E-state index in [1.54, 1.807) is 11.4 Å². The average molecular weight is 293 g/mol. The largest absolute Gasteiger partial charge is 0.350 e. The molecule has 2 saturated heterocycles. The second-order valence-electron chi connectivity index (χ2n) is 4.88. The first-order valence-corrected chi connectivity index (χ1v) is 7.35. The third-order valence-corrected chi connectivity index (χ3v) is 4.42. The number of rotatable bonds is 3. The van der Waals surface area contributed by atoms with Crippen molar-refractivity contribution in [3.05, 3.63) is 21.9 Å². The fourth-order valence-corrected chi connectivity index (χ4v) is 3.22. The number of hydrogen-bond acceptors (Lipinski definition) is 6. The molecule has 1 spiro atoms. The standard InChI is InChI=1S/C13H15N3O3S/c14-5-9-3-10(20-7-9)6-15-12(17)11-4-13(8-16-11)18-1-2-19-13/h3,7,11,16H,1-2,4,6,8H2,(H,15,17). The lowest BCUT2D eigenvalue weighted by Crippen LogP contribution is -2.39. The van der Waals surface area contributed by atoms with Crippen LogP contribution in [0.25, 0.3) is 0 Å². The van der Waals surface area contributed by atoms with Crippen molar-refractivity contribution in [3.8, 4) is 6.07 Å². The Morgan fingerprint density at radius 2 is 2.40 bits per heavy atom. The van der Waals surface area contributed by atoms with Gasteiger partial charge in [-0.05, 0) is 6.07 Å². The predicted octanol–water partition coefficient (Wildman–Crippen LogP) is 0.341. The van der Waals surface area contributed by atoms with E-state index in [1.165, 1.54) is 11.3 Å². The molecule has 6 nitrogen and oxygen atoms in total. The van der Waals surface area contributed by atoms with Crippen molar-refractivity contribution in [2.45, 2.75) is 24.8 Å². The molecule has 2 fully saturated rings. The van der Waals surface area contributed by atoms with Crippen molar-refractivity contribution in [2.75, 3.05) is 19.8 Å². The maximum atomic E-state index is 12.1. The monoisotopic (exact) mass is 293 g/mol. The Kier molecular flexibility index (Phi) is 3.72. The summed E-state index contributed by atoms with van der Waals surface area (Å²) in [5.74, 6) is -0.674. The van der Waals surface area contributed by atoms with Crippen LogP contribution in [0.4, 0.5) is 0 Å². The van der Waals surface area contributed by atoms with Crippen LogP contribution in [0.2, 0.25) is 0 Å². The minimum atomic E-state index is -0.612. The van der Waals surface area contributed by atoms with Gasteiger partial charge in [-0.15, -0.1) is 11.3 Å². The van der Waals surface area contributed by atoms with Crippen LogP contribution >= 0.6 is 11.3 Å². The number of nitrogens with one attached hydrogen (secondary N) is 2. The van der Waals surface area contributed by atoms with E-state index >= 15 is 0 Å². The normalized spacial score (nSPS) is 23.9. The van der Waals surface area contributed by atoms with Gasteiger partial charge < -0.3 is 20.1 Å². The molecule has 1 amide bonds. The van der Waals surface area contributed by atoms with E-state index < -0.39 is 5.79 Å². The molecule has 3 rings (SSSR count). The molecule has 0 saturated carbocycles. The van der Waals surface area contributed by atoms with Gasteiger partial charge in [-0.1, -0.05) is 0 Å². The van der Waals surface area contributed by atoms with Gasteiger partial charge in [0.25, 0.3) is 0 Å². The van der Waals surface area contributed by atoms with E-state index in [9.17, 15) is 4.79 Å². The summed E-state index contributed by atoms with van der Waals surface area (Å²) in [7, 11) is 0. The zero-order chi connectivity index (χ0) is 14.0. The van der Waals surface area contributed by atoms with Gasteiger partial charge >= 0.3 is 0 Å². The van der Waals surface area contributed by atoms with Crippen LogP contribution in [0.3, 0.4) is 0 Å². The highest BCUT2D eigenvalue weighted by Crippen LogP contribution is 2.29. The SMILES string of the molecule is N#Cc1csc(CNC(=O)C2CC3(CN2)OCCO3)c1. The van der Waals surface area contributed by atoms with Crippen LogP contribution < -0.4 is 10.6 Å². The van der Waals surface area contributed by atoms with Crippen molar-refractivity contribution in [2.24, 2.45) is 0 Å². The number of carbonyl (C=O) groups excluding carboxylic acids is 1. The van der Waals surface area contributed by atoms with Gasteiger partial charge in [-0.2, -0.15) is 5.26 Å². The Morgan fingerprint density at radius 1 is 1.60 bits per heavy atom. The Morgan fingerprint density at radius 3 is 3.10 bits per heavy atom. The fourth-order valence-electron chi connectivity index (χ4n) is 2.47. The summed E-state index contributed by atoms with van der Waals surface area (Å²) in [5, 5.41) is 16.5. The van der Waals surface area contributed by atoms with Gasteiger partial charge in [0, 0.05) is 16.7 Å². The molecule has 1 atom stereocenters. The molecule has 1 aromatic rings. The number of amides is 1. The second-order valence-corrected chi connectivity index (χ2v) is 5.87. The van der Waals surface area contributed by atoms with Gasteiger partial charge in [0.1, 0.15) is 6.07 Å². The molecule has 1 unspecified atom stereocenters. The number of hydrogen-bond donors (Lipinski definition) is 2. The minimum Gasteiger partial charge on any atom is -0.350 e. The summed E-state index contributed by atoms with van der Waals surface area (Å²) < 4.78 is 11.1. The molecular weight excluding hydrogens is 278 g/mol. The lowest BCUT2D eigenvalue weighted by Gasteiger charge is -2.19. The number of ether oxygens (including phenoxy) is 2. The number of thiophene rings is 1. The van der Waals surface area contributed by atoms with Crippen LogP contribution in [0, 0.1) is 11.3 Å². The highest BCUT2D eigenvalue weighted by atomic mass is 32.1. The molecule has 0 bridgehead atoms. The Balaban J connectivity index is 1.51. The average Bonchev–Trinajstić information content (AvgIpc) is 3.19. The lowest BCUT2D eigenvalue weighted by atomic mass is 10.1. The Bertz CT molecular complexity index is 545. The van der Waals surface area contributed by atoms with Gasteiger partial charge in [0.2, 0.25) is 5.91 Å². The van der Waals surface area contributed by atoms with Crippen molar-refractivity contribution in [3.63, 3.8) is 0 Å². The summed E-state index contributed by atoms with van der Waals surface area (Å²) in [6.07, 6.45) is 0.534. The first kappa shape index (κ1) is 13.5. The zero-order valence-electron chi connectivity index (χ0n) is 10.8. The van der Waals surface area contributed by atoms with E-state index in [0.29, 0.717) is 38.3 Å². The lowest BCUT2D eigenvalue weighted by molar-refractivity contribution is -0.144. The van der Waals surface area contributed by atoms with Crippen molar-refractivity contribution >= 4 is 17.2 Å². The molecular formula is C13H15N3O3S. The topological polar surface area (TPSA) is 83.4 Å². The third kappa shape index (κ3) is 2.69. The molecule has 1 aromatic heterocycles. The summed E-state index contributed by atoms with van der Waals surface area (Å²) in [5.41, 5.74) is 0.630. The summed E-state index contributed by atoms with van der Waals surface area (Å²) in [4.78, 5) is 13.1. The van der Waals surface area contributed by atoms with Crippen molar-refractivity contribution in [1.82, 2.24) is 10.6 Å². The minimum absolute atomic E-state index is 0.0621. The fraction of sp³-hybridized carbons (Fsp3) is 0.538. The van der Waals surface area contributed by atoms with Gasteiger partial charge in [0.05, 0.1) is 37.9 Å². The van der Waals surface area contributed by atoms with Crippen LogP contribution in [0.5, 0.6) is 0 Å². The molecule has 2 aliphatic heterocycles. The Labute approximate surface area is 120 Å². The third-order valence-electron chi connectivity index (χ3n) is 3.48. The second kappa shape index (κ2) is 5.50. The predicted molar refractivity (Wildman–Crippen MR) is 71.9 cm³/mol. The maximum absolute atomic E-state index is 12.1. The van der Waals surface area contributed by atoms with Crippen LogP contribution in [0.1, 0.15) is 16.9 Å². The molecule has 7 heteroatoms. The molecule has 3 heterocycles. The highest BCUT2D eigenvalue weighted by Gasteiger charge is 2.46. The molecule has 0 aliphatic carbocycles. The first-order chi connectivity index (χ1) is 9.71. The number of carbonyl (C=O) groups is 1. The van der Waals surface area contributed by atoms with Crippen LogP contribution in [0.15, 0.2) is 11.4 Å². The highest BCUT2D eigenvalue weighted by molar-refractivity contribution is 7.10. The van der Waals surface area contributed by atoms with Crippen molar-refractivity contribution in [1.29, 1.82) is 5.26 Å². The summed E-state index contributed by atoms with van der Waals surface area (Å²) in [6.45, 7) is 2.16. The zero-order valence-corrected chi connectivity index (χ0v) is 11.7. The van der Waals surface area contributed by atoms with E-state index in [4.69, 9.17) is 14.7 Å². The molecule has 20 heavy (non-hydrogen) atoms. The van der Waals surface area contributed by atoms with Gasteiger partial charge in [-0.25, -0.2) is 0 Å². The Hall–Kier alpha value is -1.46. The molecule has 106 valence electrons. The summed E-state index contributed by atoms with van der Waals surface area (Å²) in [6, 6.07) is 3.58. The molecule has 0 aromatic carbocycles. The molecule has 2 N–H and O–H groups in total. The first-order valence-electron chi connectivity index (χ1n) is 6.47. The maximum Gasteiger partial charge on any atom is 0.237 e. The van der Waals surface area contributed by atoms with Gasteiger partial charge in [0.15, 0.2) is 5.79 Å². The van der Waals surface area contributed by atoms with E-state index in [1.807, 2.05) is 0 Å². The summed E-state index contributed by atoms with van der Waals surface area (Å²) >= 11 is 1.47. The van der Waals surface area contributed by atoms with Gasteiger partial charge in [-0.3, -0.25) is 4.79 Å². The smallest absolute Gasteiger partial charge is 0.237 e. The molecule has 2 aliphatic rings. The van der Waals surface area contributed by atoms with E-state index in [0.717, 1.165) is 4.88 Å². The number of nitrogens with zero attached hydrogens (tertiary/aromatic N) is 1.